The van der Waals surface area contributed by atoms with E-state index in [1.54, 1.807) is 36.1 Å². The summed E-state index contributed by atoms with van der Waals surface area (Å²) in [6.45, 7) is 6.65. The number of anilines is 1. The molecule has 7 heteroatoms. The Morgan fingerprint density at radius 1 is 1.19 bits per heavy atom. The summed E-state index contributed by atoms with van der Waals surface area (Å²) in [7, 11) is 0. The van der Waals surface area contributed by atoms with Crippen molar-refractivity contribution < 1.29 is 9.53 Å². The van der Waals surface area contributed by atoms with Gasteiger partial charge in [0.15, 0.2) is 5.82 Å². The van der Waals surface area contributed by atoms with E-state index in [9.17, 15) is 4.79 Å². The van der Waals surface area contributed by atoms with Crippen molar-refractivity contribution in [2.24, 2.45) is 0 Å². The number of carbonyl (C=O) groups is 1. The number of benzene rings is 1. The molecule has 0 amide bonds. The van der Waals surface area contributed by atoms with Crippen molar-refractivity contribution in [3.8, 4) is 5.82 Å². The summed E-state index contributed by atoms with van der Waals surface area (Å²) < 4.78 is 6.75. The second kappa shape index (κ2) is 7.77. The van der Waals surface area contributed by atoms with Crippen LogP contribution in [0.25, 0.3) is 5.82 Å². The fourth-order valence-electron chi connectivity index (χ4n) is 2.57. The number of nitrogens with one attached hydrogen (secondary N) is 1. The van der Waals surface area contributed by atoms with Gasteiger partial charge in [0.05, 0.1) is 30.3 Å². The standard InChI is InChI=1S/C19H21N5O2/c1-4-26-19(25)16-7-5-15(6-8-16)10-21-17-11-20-12-18(22-17)24-14(3)9-13(2)23-24/h5-9,11-12H,4,10H2,1-3H3,(H,21,22). The van der Waals surface area contributed by atoms with Gasteiger partial charge in [-0.1, -0.05) is 12.1 Å². The summed E-state index contributed by atoms with van der Waals surface area (Å²) in [6.07, 6.45) is 3.35. The molecule has 2 heterocycles. The van der Waals surface area contributed by atoms with Crippen LogP contribution in [0.15, 0.2) is 42.7 Å². The number of carbonyl (C=O) groups excluding carboxylic acids is 1. The molecular weight excluding hydrogens is 330 g/mol. The largest absolute Gasteiger partial charge is 0.462 e. The summed E-state index contributed by atoms with van der Waals surface area (Å²) in [5.41, 5.74) is 3.51. The second-order valence-electron chi connectivity index (χ2n) is 5.87. The molecule has 0 saturated heterocycles. The molecule has 1 aromatic carbocycles. The van der Waals surface area contributed by atoms with Gasteiger partial charge in [0, 0.05) is 12.2 Å². The maximum absolute atomic E-state index is 11.7. The molecule has 0 aliphatic carbocycles. The molecular formula is C19H21N5O2. The number of nitrogens with zero attached hydrogens (tertiary/aromatic N) is 4. The van der Waals surface area contributed by atoms with Crippen LogP contribution in [0.4, 0.5) is 5.82 Å². The van der Waals surface area contributed by atoms with Gasteiger partial charge in [0.2, 0.25) is 0 Å². The van der Waals surface area contributed by atoms with E-state index < -0.39 is 0 Å². The van der Waals surface area contributed by atoms with Gasteiger partial charge in [0.25, 0.3) is 0 Å². The Balaban J connectivity index is 1.67. The first-order chi connectivity index (χ1) is 12.6. The fraction of sp³-hybridized carbons (Fsp3) is 0.263. The second-order valence-corrected chi connectivity index (χ2v) is 5.87. The van der Waals surface area contributed by atoms with Crippen LogP contribution in [0.2, 0.25) is 0 Å². The van der Waals surface area contributed by atoms with Crippen LogP contribution in [0.5, 0.6) is 0 Å². The van der Waals surface area contributed by atoms with Gasteiger partial charge in [-0.15, -0.1) is 0 Å². The molecule has 0 unspecified atom stereocenters. The van der Waals surface area contributed by atoms with Gasteiger partial charge < -0.3 is 10.1 Å². The van der Waals surface area contributed by atoms with Crippen molar-refractivity contribution in [3.63, 3.8) is 0 Å². The zero-order valence-corrected chi connectivity index (χ0v) is 15.1. The molecule has 0 aliphatic heterocycles. The molecule has 2 aromatic heterocycles. The van der Waals surface area contributed by atoms with E-state index in [0.717, 1.165) is 17.0 Å². The zero-order chi connectivity index (χ0) is 18.5. The first kappa shape index (κ1) is 17.6. The molecule has 3 aromatic rings. The van der Waals surface area contributed by atoms with E-state index in [-0.39, 0.29) is 5.97 Å². The Hall–Kier alpha value is -3.22. The van der Waals surface area contributed by atoms with Crippen LogP contribution in [-0.4, -0.2) is 32.3 Å². The summed E-state index contributed by atoms with van der Waals surface area (Å²) in [4.78, 5) is 20.5. The average molecular weight is 351 g/mol. The topological polar surface area (TPSA) is 81.9 Å². The molecule has 0 saturated carbocycles. The predicted octanol–water partition coefficient (Wildman–Crippen LogP) is 3.07. The Kier molecular flexibility index (Phi) is 5.26. The minimum Gasteiger partial charge on any atom is -0.462 e. The number of hydrogen-bond donors (Lipinski definition) is 1. The molecule has 134 valence electrons. The maximum Gasteiger partial charge on any atom is 0.338 e. The Bertz CT molecular complexity index is 903. The van der Waals surface area contributed by atoms with E-state index in [2.05, 4.69) is 20.4 Å². The molecule has 26 heavy (non-hydrogen) atoms. The summed E-state index contributed by atoms with van der Waals surface area (Å²) in [6, 6.07) is 9.28. The minimum atomic E-state index is -0.310. The minimum absolute atomic E-state index is 0.310. The highest BCUT2D eigenvalue weighted by Crippen LogP contribution is 2.12. The highest BCUT2D eigenvalue weighted by atomic mass is 16.5. The van der Waals surface area contributed by atoms with Crippen LogP contribution in [0, 0.1) is 13.8 Å². The van der Waals surface area contributed by atoms with Gasteiger partial charge in [-0.05, 0) is 44.5 Å². The van der Waals surface area contributed by atoms with Gasteiger partial charge in [0.1, 0.15) is 5.82 Å². The summed E-state index contributed by atoms with van der Waals surface area (Å²) in [5.74, 6) is 1.01. The van der Waals surface area contributed by atoms with Crippen molar-refractivity contribution in [3.05, 3.63) is 65.2 Å². The molecule has 0 bridgehead atoms. The first-order valence-corrected chi connectivity index (χ1v) is 8.42. The van der Waals surface area contributed by atoms with Crippen molar-refractivity contribution >= 4 is 11.8 Å². The average Bonchev–Trinajstić information content (AvgIpc) is 2.99. The molecule has 1 N–H and O–H groups in total. The molecule has 7 nitrogen and oxygen atoms in total. The van der Waals surface area contributed by atoms with Crippen LogP contribution >= 0.6 is 0 Å². The normalized spacial score (nSPS) is 10.6. The molecule has 0 spiro atoms. The molecule has 0 radical (unpaired) electrons. The van der Waals surface area contributed by atoms with Crippen molar-refractivity contribution in [1.29, 1.82) is 0 Å². The lowest BCUT2D eigenvalue weighted by Crippen LogP contribution is -2.08. The van der Waals surface area contributed by atoms with E-state index in [0.29, 0.717) is 30.4 Å². The van der Waals surface area contributed by atoms with Gasteiger partial charge in [-0.25, -0.2) is 14.5 Å². The number of rotatable bonds is 6. The number of aromatic nitrogens is 4. The monoisotopic (exact) mass is 351 g/mol. The van der Waals surface area contributed by atoms with Crippen LogP contribution < -0.4 is 5.32 Å². The Morgan fingerprint density at radius 3 is 2.62 bits per heavy atom. The SMILES string of the molecule is CCOC(=O)c1ccc(CNc2cncc(-n3nc(C)cc3C)n2)cc1. The third-order valence-corrected chi connectivity index (χ3v) is 3.79. The lowest BCUT2D eigenvalue weighted by Gasteiger charge is -2.08. The van der Waals surface area contributed by atoms with Crippen molar-refractivity contribution in [1.82, 2.24) is 19.7 Å². The van der Waals surface area contributed by atoms with Crippen LogP contribution in [-0.2, 0) is 11.3 Å². The highest BCUT2D eigenvalue weighted by Gasteiger charge is 2.08. The van der Waals surface area contributed by atoms with E-state index in [1.165, 1.54) is 0 Å². The molecule has 0 aliphatic rings. The highest BCUT2D eigenvalue weighted by molar-refractivity contribution is 5.89. The Labute approximate surface area is 152 Å². The third kappa shape index (κ3) is 4.05. The summed E-state index contributed by atoms with van der Waals surface area (Å²) in [5, 5.41) is 7.66. The van der Waals surface area contributed by atoms with Crippen LogP contribution in [0.1, 0.15) is 34.2 Å². The molecule has 0 fully saturated rings. The molecule has 3 rings (SSSR count). The third-order valence-electron chi connectivity index (χ3n) is 3.79. The number of hydrogen-bond acceptors (Lipinski definition) is 6. The smallest absolute Gasteiger partial charge is 0.338 e. The zero-order valence-electron chi connectivity index (χ0n) is 15.1. The quantitative estimate of drug-likeness (QED) is 0.687. The number of aryl methyl sites for hydroxylation is 2. The Morgan fingerprint density at radius 2 is 1.96 bits per heavy atom. The lowest BCUT2D eigenvalue weighted by molar-refractivity contribution is 0.0526. The summed E-state index contributed by atoms with van der Waals surface area (Å²) >= 11 is 0. The number of esters is 1. The van der Waals surface area contributed by atoms with Gasteiger partial charge in [-0.2, -0.15) is 5.10 Å². The van der Waals surface area contributed by atoms with Gasteiger partial charge >= 0.3 is 5.97 Å². The molecule has 0 atom stereocenters. The van der Waals surface area contributed by atoms with E-state index >= 15 is 0 Å². The predicted molar refractivity (Wildman–Crippen MR) is 98.4 cm³/mol. The van der Waals surface area contributed by atoms with E-state index in [4.69, 9.17) is 4.74 Å². The van der Waals surface area contributed by atoms with Crippen molar-refractivity contribution in [2.75, 3.05) is 11.9 Å². The first-order valence-electron chi connectivity index (χ1n) is 8.42. The van der Waals surface area contributed by atoms with Crippen molar-refractivity contribution in [2.45, 2.75) is 27.3 Å². The lowest BCUT2D eigenvalue weighted by atomic mass is 10.1. The fourth-order valence-corrected chi connectivity index (χ4v) is 2.57. The van der Waals surface area contributed by atoms with Gasteiger partial charge in [-0.3, -0.25) is 4.98 Å². The van der Waals surface area contributed by atoms with E-state index in [1.807, 2.05) is 32.0 Å². The van der Waals surface area contributed by atoms with Crippen LogP contribution in [0.3, 0.4) is 0 Å². The number of ether oxygens (including phenoxy) is 1. The maximum atomic E-state index is 11.7.